The van der Waals surface area contributed by atoms with Crippen LogP contribution < -0.4 is 5.32 Å². The van der Waals surface area contributed by atoms with Gasteiger partial charge in [-0.2, -0.15) is 0 Å². The van der Waals surface area contributed by atoms with Crippen LogP contribution in [0, 0.1) is 17.6 Å². The van der Waals surface area contributed by atoms with E-state index >= 15 is 0 Å². The van der Waals surface area contributed by atoms with Crippen LogP contribution >= 0.6 is 11.3 Å². The molecular formula is C17H19F2N3OS. The Morgan fingerprint density at radius 3 is 2.88 bits per heavy atom. The van der Waals surface area contributed by atoms with Crippen LogP contribution in [0.15, 0.2) is 23.6 Å². The van der Waals surface area contributed by atoms with Gasteiger partial charge in [-0.05, 0) is 44.5 Å². The molecule has 1 aromatic carbocycles. The Kier molecular flexibility index (Phi) is 5.20. The van der Waals surface area contributed by atoms with Crippen molar-refractivity contribution in [2.24, 2.45) is 5.92 Å². The van der Waals surface area contributed by atoms with Crippen LogP contribution in [-0.4, -0.2) is 42.5 Å². The molecule has 0 aliphatic carbocycles. The van der Waals surface area contributed by atoms with Gasteiger partial charge >= 0.3 is 0 Å². The van der Waals surface area contributed by atoms with Crippen molar-refractivity contribution >= 4 is 17.2 Å². The van der Waals surface area contributed by atoms with Gasteiger partial charge in [0.1, 0.15) is 22.3 Å². The molecule has 1 N–H and O–H groups in total. The maximum atomic E-state index is 13.9. The van der Waals surface area contributed by atoms with Gasteiger partial charge in [0.2, 0.25) is 0 Å². The lowest BCUT2D eigenvalue weighted by atomic mass is 9.98. The molecule has 2 heterocycles. The van der Waals surface area contributed by atoms with E-state index in [-0.39, 0.29) is 22.2 Å². The molecule has 1 aromatic heterocycles. The number of benzene rings is 1. The number of likely N-dealkylation sites (tertiary alicyclic amines) is 1. The summed E-state index contributed by atoms with van der Waals surface area (Å²) in [6.45, 7) is 2.24. The number of hydrogen-bond donors (Lipinski definition) is 1. The molecule has 0 radical (unpaired) electrons. The Hall–Kier alpha value is -1.86. The second-order valence-electron chi connectivity index (χ2n) is 5.95. The van der Waals surface area contributed by atoms with Crippen LogP contribution in [0.1, 0.15) is 23.3 Å². The number of nitrogens with zero attached hydrogens (tertiary/aromatic N) is 2. The number of halogens is 2. The van der Waals surface area contributed by atoms with E-state index in [1.54, 1.807) is 10.3 Å². The van der Waals surface area contributed by atoms with E-state index in [0.29, 0.717) is 19.0 Å². The van der Waals surface area contributed by atoms with Gasteiger partial charge in [-0.3, -0.25) is 4.79 Å². The van der Waals surface area contributed by atoms with Gasteiger partial charge in [-0.25, -0.2) is 13.8 Å². The SMILES string of the molecule is CNCC1CCCN(C(=O)c2csc(-c3c(F)cccc3F)n2)C1. The fraction of sp³-hybridized carbons (Fsp3) is 0.412. The number of amides is 1. The standard InChI is InChI=1S/C17H19F2N3OS/c1-20-8-11-4-3-7-22(9-11)17(23)14-10-24-16(21-14)15-12(18)5-2-6-13(15)19/h2,5-6,10-11,20H,3-4,7-9H2,1H3. The van der Waals surface area contributed by atoms with Crippen LogP contribution in [0.25, 0.3) is 10.6 Å². The van der Waals surface area contributed by atoms with Crippen molar-refractivity contribution in [2.45, 2.75) is 12.8 Å². The van der Waals surface area contributed by atoms with E-state index in [1.165, 1.54) is 18.2 Å². The Morgan fingerprint density at radius 2 is 2.17 bits per heavy atom. The Labute approximate surface area is 143 Å². The molecule has 7 heteroatoms. The third-order valence-electron chi connectivity index (χ3n) is 4.20. The summed E-state index contributed by atoms with van der Waals surface area (Å²) in [5.74, 6) is -1.09. The lowest BCUT2D eigenvalue weighted by Gasteiger charge is -2.32. The summed E-state index contributed by atoms with van der Waals surface area (Å²) in [6, 6.07) is 3.69. The van der Waals surface area contributed by atoms with E-state index in [0.717, 1.165) is 30.7 Å². The number of aromatic nitrogens is 1. The van der Waals surface area contributed by atoms with E-state index < -0.39 is 11.6 Å². The number of carbonyl (C=O) groups excluding carboxylic acids is 1. The Morgan fingerprint density at radius 1 is 1.42 bits per heavy atom. The average molecular weight is 351 g/mol. The Bertz CT molecular complexity index is 712. The molecule has 1 fully saturated rings. The monoisotopic (exact) mass is 351 g/mol. The topological polar surface area (TPSA) is 45.2 Å². The number of hydrogen-bond acceptors (Lipinski definition) is 4. The van der Waals surface area contributed by atoms with Gasteiger partial charge in [-0.15, -0.1) is 11.3 Å². The molecule has 2 aromatic rings. The fourth-order valence-corrected chi connectivity index (χ4v) is 3.90. The molecule has 1 aliphatic heterocycles. The number of nitrogens with one attached hydrogen (secondary N) is 1. The van der Waals surface area contributed by atoms with Gasteiger partial charge in [0.15, 0.2) is 0 Å². The van der Waals surface area contributed by atoms with Gasteiger partial charge in [0.25, 0.3) is 5.91 Å². The number of carbonyl (C=O) groups is 1. The van der Waals surface area contributed by atoms with E-state index in [1.807, 2.05) is 7.05 Å². The second kappa shape index (κ2) is 7.36. The van der Waals surface area contributed by atoms with Crippen molar-refractivity contribution < 1.29 is 13.6 Å². The maximum Gasteiger partial charge on any atom is 0.273 e. The molecule has 0 saturated carbocycles. The molecule has 1 amide bonds. The van der Waals surface area contributed by atoms with E-state index in [4.69, 9.17) is 0 Å². The molecule has 0 spiro atoms. The van der Waals surface area contributed by atoms with Crippen LogP contribution in [0.3, 0.4) is 0 Å². The molecular weight excluding hydrogens is 332 g/mol. The van der Waals surface area contributed by atoms with Crippen LogP contribution in [-0.2, 0) is 0 Å². The molecule has 3 rings (SSSR count). The zero-order valence-electron chi connectivity index (χ0n) is 13.4. The quantitative estimate of drug-likeness (QED) is 0.920. The first kappa shape index (κ1) is 17.0. The van der Waals surface area contributed by atoms with Crippen molar-refractivity contribution in [3.63, 3.8) is 0 Å². The van der Waals surface area contributed by atoms with Gasteiger partial charge in [0, 0.05) is 18.5 Å². The van der Waals surface area contributed by atoms with Crippen molar-refractivity contribution in [3.8, 4) is 10.6 Å². The zero-order chi connectivity index (χ0) is 17.1. The molecule has 1 atom stereocenters. The second-order valence-corrected chi connectivity index (χ2v) is 6.81. The van der Waals surface area contributed by atoms with Crippen molar-refractivity contribution in [1.29, 1.82) is 0 Å². The molecule has 1 aliphatic rings. The van der Waals surface area contributed by atoms with Crippen LogP contribution in [0.2, 0.25) is 0 Å². The molecule has 1 unspecified atom stereocenters. The summed E-state index contributed by atoms with van der Waals surface area (Å²) in [4.78, 5) is 18.6. The first-order chi connectivity index (χ1) is 11.6. The summed E-state index contributed by atoms with van der Waals surface area (Å²) >= 11 is 1.08. The fourth-order valence-electron chi connectivity index (χ4n) is 3.06. The summed E-state index contributed by atoms with van der Waals surface area (Å²) in [5.41, 5.74) is 0.0796. The number of rotatable bonds is 4. The molecule has 0 bridgehead atoms. The first-order valence-electron chi connectivity index (χ1n) is 7.94. The number of piperidine rings is 1. The summed E-state index contributed by atoms with van der Waals surface area (Å²) < 4.78 is 27.7. The van der Waals surface area contributed by atoms with Gasteiger partial charge < -0.3 is 10.2 Å². The van der Waals surface area contributed by atoms with Crippen LogP contribution in [0.4, 0.5) is 8.78 Å². The average Bonchev–Trinajstić information content (AvgIpc) is 3.04. The van der Waals surface area contributed by atoms with Crippen molar-refractivity contribution in [3.05, 3.63) is 40.9 Å². The first-order valence-corrected chi connectivity index (χ1v) is 8.82. The maximum absolute atomic E-state index is 13.9. The number of thiazole rings is 1. The third kappa shape index (κ3) is 3.47. The normalized spacial score (nSPS) is 18.0. The minimum Gasteiger partial charge on any atom is -0.337 e. The summed E-state index contributed by atoms with van der Waals surface area (Å²) in [7, 11) is 1.90. The lowest BCUT2D eigenvalue weighted by Crippen LogP contribution is -2.42. The molecule has 24 heavy (non-hydrogen) atoms. The van der Waals surface area contributed by atoms with Crippen molar-refractivity contribution in [2.75, 3.05) is 26.7 Å². The van der Waals surface area contributed by atoms with E-state index in [9.17, 15) is 13.6 Å². The molecule has 128 valence electrons. The van der Waals surface area contributed by atoms with E-state index in [2.05, 4.69) is 10.3 Å². The molecule has 1 saturated heterocycles. The van der Waals surface area contributed by atoms with Crippen molar-refractivity contribution in [1.82, 2.24) is 15.2 Å². The lowest BCUT2D eigenvalue weighted by molar-refractivity contribution is 0.0669. The summed E-state index contributed by atoms with van der Waals surface area (Å²) in [6.07, 6.45) is 2.05. The Balaban J connectivity index is 1.79. The summed E-state index contributed by atoms with van der Waals surface area (Å²) in [5, 5.41) is 4.91. The molecule has 4 nitrogen and oxygen atoms in total. The highest BCUT2D eigenvalue weighted by Gasteiger charge is 2.26. The van der Waals surface area contributed by atoms with Gasteiger partial charge in [0.05, 0.1) is 5.56 Å². The minimum absolute atomic E-state index is 0.171. The smallest absolute Gasteiger partial charge is 0.273 e. The zero-order valence-corrected chi connectivity index (χ0v) is 14.2. The van der Waals surface area contributed by atoms with Gasteiger partial charge in [-0.1, -0.05) is 6.07 Å². The third-order valence-corrected chi connectivity index (χ3v) is 5.06. The van der Waals surface area contributed by atoms with Crippen LogP contribution in [0.5, 0.6) is 0 Å². The highest BCUT2D eigenvalue weighted by atomic mass is 32.1. The highest BCUT2D eigenvalue weighted by molar-refractivity contribution is 7.13. The predicted octanol–water partition coefficient (Wildman–Crippen LogP) is 3.16. The largest absolute Gasteiger partial charge is 0.337 e. The minimum atomic E-state index is -0.671. The predicted molar refractivity (Wildman–Crippen MR) is 90.0 cm³/mol. The highest BCUT2D eigenvalue weighted by Crippen LogP contribution is 2.29.